The Labute approximate surface area is 57.0 Å². The van der Waals surface area contributed by atoms with E-state index < -0.39 is 0 Å². The van der Waals surface area contributed by atoms with Crippen LogP contribution in [0.3, 0.4) is 0 Å². The second kappa shape index (κ2) is 1.42. The molecule has 0 aromatic rings. The molecule has 0 heterocycles. The van der Waals surface area contributed by atoms with Gasteiger partial charge in [0.2, 0.25) is 0 Å². The minimum Gasteiger partial charge on any atom is -0.0805 e. The fourth-order valence-electron chi connectivity index (χ4n) is 2.32. The maximum Gasteiger partial charge on any atom is 0.000103 e. The summed E-state index contributed by atoms with van der Waals surface area (Å²) < 4.78 is 0. The van der Waals surface area contributed by atoms with Crippen LogP contribution in [0.2, 0.25) is 0 Å². The van der Waals surface area contributed by atoms with Crippen molar-refractivity contribution in [3.8, 4) is 0 Å². The molecular weight excluding hydrogens is 108 g/mol. The average Bonchev–Trinajstić information content (AvgIpc) is 2.39. The minimum absolute atomic E-state index is 0.694. The number of rotatable bonds is 1. The van der Waals surface area contributed by atoms with Gasteiger partial charge in [-0.3, -0.25) is 0 Å². The summed E-state index contributed by atoms with van der Waals surface area (Å²) in [5.74, 6) is 1.88. The fourth-order valence-corrected chi connectivity index (χ4v) is 2.32. The lowest BCUT2D eigenvalue weighted by Gasteiger charge is -2.44. The number of allylic oxidation sites excluding steroid dienone is 2. The lowest BCUT2D eigenvalue weighted by Crippen LogP contribution is -2.35. The highest BCUT2D eigenvalue weighted by Crippen LogP contribution is 2.54. The van der Waals surface area contributed by atoms with Gasteiger partial charge in [0.25, 0.3) is 0 Å². The molecule has 0 saturated heterocycles. The van der Waals surface area contributed by atoms with Crippen LogP contribution in [0.15, 0.2) is 12.2 Å². The zero-order valence-corrected chi connectivity index (χ0v) is 6.22. The van der Waals surface area contributed by atoms with Gasteiger partial charge in [-0.25, -0.2) is 0 Å². The molecule has 0 unspecified atom stereocenters. The summed E-state index contributed by atoms with van der Waals surface area (Å²) in [6.07, 6.45) is 7.58. The van der Waals surface area contributed by atoms with Crippen molar-refractivity contribution in [3.05, 3.63) is 12.2 Å². The van der Waals surface area contributed by atoms with E-state index in [-0.39, 0.29) is 0 Å². The summed E-state index contributed by atoms with van der Waals surface area (Å²) in [5.41, 5.74) is 0.694. The topological polar surface area (TPSA) is 0 Å². The van der Waals surface area contributed by atoms with Crippen molar-refractivity contribution in [1.82, 2.24) is 0 Å². The van der Waals surface area contributed by atoms with Crippen LogP contribution in [-0.4, -0.2) is 0 Å². The van der Waals surface area contributed by atoms with Gasteiger partial charge in [-0.2, -0.15) is 0 Å². The molecule has 9 heavy (non-hydrogen) atoms. The van der Waals surface area contributed by atoms with Crippen molar-refractivity contribution in [2.45, 2.75) is 26.7 Å². The second-order valence-corrected chi connectivity index (χ2v) is 4.08. The quantitative estimate of drug-likeness (QED) is 0.469. The van der Waals surface area contributed by atoms with Crippen molar-refractivity contribution >= 4 is 0 Å². The first-order chi connectivity index (χ1) is 4.21. The van der Waals surface area contributed by atoms with Gasteiger partial charge < -0.3 is 0 Å². The predicted octanol–water partition coefficient (Wildman–Crippen LogP) is 2.61. The van der Waals surface area contributed by atoms with E-state index in [0.29, 0.717) is 5.41 Å². The van der Waals surface area contributed by atoms with Gasteiger partial charge in [-0.05, 0) is 24.2 Å². The third-order valence-electron chi connectivity index (χ3n) is 2.82. The van der Waals surface area contributed by atoms with Gasteiger partial charge in [0.05, 0.1) is 0 Å². The van der Waals surface area contributed by atoms with Crippen molar-refractivity contribution in [2.75, 3.05) is 0 Å². The Morgan fingerprint density at radius 2 is 1.89 bits per heavy atom. The van der Waals surface area contributed by atoms with Crippen molar-refractivity contribution in [2.24, 2.45) is 17.3 Å². The molecule has 0 aliphatic heterocycles. The van der Waals surface area contributed by atoms with Crippen molar-refractivity contribution < 1.29 is 0 Å². The molecule has 0 spiro atoms. The van der Waals surface area contributed by atoms with E-state index in [0.717, 1.165) is 11.8 Å². The molecule has 0 atom stereocenters. The standard InChI is InChI=1S/C9H14/c1-7-5-9(2,6-7)8-3-4-8/h3-4,7-8H,5-6H2,1-2H3. The van der Waals surface area contributed by atoms with Gasteiger partial charge in [0.1, 0.15) is 0 Å². The van der Waals surface area contributed by atoms with Crippen molar-refractivity contribution in [1.29, 1.82) is 0 Å². The smallest absolute Gasteiger partial charge is 0.000103 e. The van der Waals surface area contributed by atoms with Crippen LogP contribution in [0, 0.1) is 17.3 Å². The van der Waals surface area contributed by atoms with Gasteiger partial charge in [-0.1, -0.05) is 26.0 Å². The summed E-state index contributed by atoms with van der Waals surface area (Å²) >= 11 is 0. The van der Waals surface area contributed by atoms with E-state index in [1.807, 2.05) is 0 Å². The van der Waals surface area contributed by atoms with Crippen LogP contribution in [0.1, 0.15) is 26.7 Å². The Morgan fingerprint density at radius 1 is 1.33 bits per heavy atom. The van der Waals surface area contributed by atoms with Gasteiger partial charge >= 0.3 is 0 Å². The molecule has 0 radical (unpaired) electrons. The Hall–Kier alpha value is -0.260. The first kappa shape index (κ1) is 5.52. The largest absolute Gasteiger partial charge is 0.0805 e. The van der Waals surface area contributed by atoms with E-state index in [9.17, 15) is 0 Å². The summed E-state index contributed by atoms with van der Waals surface area (Å²) in [5, 5.41) is 0. The molecular formula is C9H14. The molecule has 0 aromatic heterocycles. The Morgan fingerprint density at radius 3 is 2.22 bits per heavy atom. The fraction of sp³-hybridized carbons (Fsp3) is 0.778. The third kappa shape index (κ3) is 0.726. The molecule has 0 nitrogen and oxygen atoms in total. The van der Waals surface area contributed by atoms with E-state index in [1.54, 1.807) is 0 Å². The Kier molecular flexibility index (Phi) is 0.870. The monoisotopic (exact) mass is 122 g/mol. The highest BCUT2D eigenvalue weighted by atomic mass is 14.5. The van der Waals surface area contributed by atoms with Gasteiger partial charge in [0, 0.05) is 5.92 Å². The Bertz CT molecular complexity index is 143. The molecule has 2 aliphatic rings. The summed E-state index contributed by atoms with van der Waals surface area (Å²) in [6.45, 7) is 4.77. The molecule has 0 N–H and O–H groups in total. The highest BCUT2D eigenvalue weighted by Gasteiger charge is 2.44. The van der Waals surface area contributed by atoms with Crippen LogP contribution in [0.5, 0.6) is 0 Å². The first-order valence-corrected chi connectivity index (χ1v) is 3.89. The van der Waals surface area contributed by atoms with Crippen LogP contribution in [0.25, 0.3) is 0 Å². The summed E-state index contributed by atoms with van der Waals surface area (Å²) in [7, 11) is 0. The van der Waals surface area contributed by atoms with Crippen LogP contribution in [-0.2, 0) is 0 Å². The van der Waals surface area contributed by atoms with E-state index in [2.05, 4.69) is 26.0 Å². The molecule has 1 saturated carbocycles. The maximum atomic E-state index is 2.41. The molecule has 0 amide bonds. The first-order valence-electron chi connectivity index (χ1n) is 3.89. The van der Waals surface area contributed by atoms with Crippen LogP contribution >= 0.6 is 0 Å². The molecule has 2 rings (SSSR count). The normalized spacial score (nSPS) is 48.9. The minimum atomic E-state index is 0.694. The van der Waals surface area contributed by atoms with E-state index in [1.165, 1.54) is 12.8 Å². The summed E-state index contributed by atoms with van der Waals surface area (Å²) in [6, 6.07) is 0. The summed E-state index contributed by atoms with van der Waals surface area (Å²) in [4.78, 5) is 0. The molecule has 2 aliphatic carbocycles. The Balaban J connectivity index is 1.95. The highest BCUT2D eigenvalue weighted by molar-refractivity contribution is 5.21. The predicted molar refractivity (Wildman–Crippen MR) is 39.1 cm³/mol. The second-order valence-electron chi connectivity index (χ2n) is 4.08. The van der Waals surface area contributed by atoms with Gasteiger partial charge in [0.15, 0.2) is 0 Å². The van der Waals surface area contributed by atoms with Crippen LogP contribution < -0.4 is 0 Å². The molecule has 1 fully saturated rings. The average molecular weight is 122 g/mol. The van der Waals surface area contributed by atoms with Crippen LogP contribution in [0.4, 0.5) is 0 Å². The molecule has 0 aromatic carbocycles. The lowest BCUT2D eigenvalue weighted by molar-refractivity contribution is 0.0717. The molecule has 50 valence electrons. The molecule has 0 heteroatoms. The van der Waals surface area contributed by atoms with Gasteiger partial charge in [-0.15, -0.1) is 0 Å². The van der Waals surface area contributed by atoms with E-state index in [4.69, 9.17) is 0 Å². The molecule has 0 bridgehead atoms. The van der Waals surface area contributed by atoms with E-state index >= 15 is 0 Å². The number of hydrogen-bond acceptors (Lipinski definition) is 0. The maximum absolute atomic E-state index is 2.41. The number of hydrogen-bond donors (Lipinski definition) is 0. The zero-order chi connectivity index (χ0) is 6.48. The van der Waals surface area contributed by atoms with Crippen molar-refractivity contribution in [3.63, 3.8) is 0 Å². The lowest BCUT2D eigenvalue weighted by atomic mass is 9.61. The third-order valence-corrected chi connectivity index (χ3v) is 2.82. The SMILES string of the molecule is CC1CC(C)(C2C=C2)C1. The zero-order valence-electron chi connectivity index (χ0n) is 6.22.